The topological polar surface area (TPSA) is 61.4 Å². The fourth-order valence-electron chi connectivity index (χ4n) is 3.70. The van der Waals surface area contributed by atoms with Gasteiger partial charge in [0.15, 0.2) is 0 Å². The van der Waals surface area contributed by atoms with E-state index in [4.69, 9.17) is 0 Å². The number of nitrogens with zero attached hydrogens (tertiary/aromatic N) is 1. The molecule has 0 bridgehead atoms. The van der Waals surface area contributed by atoms with Crippen LogP contribution in [-0.4, -0.2) is 42.9 Å². The number of nitrogens with one attached hydrogen (secondary N) is 2. The second-order valence-electron chi connectivity index (χ2n) is 6.56. The van der Waals surface area contributed by atoms with Crippen molar-refractivity contribution in [3.8, 4) is 0 Å². The predicted molar refractivity (Wildman–Crippen MR) is 96.0 cm³/mol. The van der Waals surface area contributed by atoms with Crippen LogP contribution in [0.25, 0.3) is 0 Å². The molecular weight excluding hydrogens is 326 g/mol. The summed E-state index contributed by atoms with van der Waals surface area (Å²) < 4.78 is 0. The monoisotopic (exact) mass is 351 g/mol. The average molecular weight is 352 g/mol. The van der Waals surface area contributed by atoms with Crippen molar-refractivity contribution in [2.24, 2.45) is 5.92 Å². The van der Waals surface area contributed by atoms with E-state index >= 15 is 0 Å². The minimum Gasteiger partial charge on any atom is -0.352 e. The largest absolute Gasteiger partial charge is 0.352 e. The van der Waals surface area contributed by atoms with Crippen LogP contribution in [0.4, 0.5) is 0 Å². The van der Waals surface area contributed by atoms with Crippen molar-refractivity contribution in [3.05, 3.63) is 35.9 Å². The summed E-state index contributed by atoms with van der Waals surface area (Å²) in [6, 6.07) is 9.91. The number of amides is 2. The lowest BCUT2D eigenvalue weighted by Crippen LogP contribution is -2.51. The number of rotatable bonds is 3. The van der Waals surface area contributed by atoms with Crippen LogP contribution in [0, 0.1) is 5.92 Å². The first-order chi connectivity index (χ1) is 11.2. The number of piperidine rings is 2. The van der Waals surface area contributed by atoms with Crippen molar-refractivity contribution in [2.75, 3.05) is 20.1 Å². The van der Waals surface area contributed by atoms with Gasteiger partial charge in [-0.15, -0.1) is 12.4 Å². The van der Waals surface area contributed by atoms with Crippen LogP contribution in [0.3, 0.4) is 0 Å². The summed E-state index contributed by atoms with van der Waals surface area (Å²) in [5, 5.41) is 6.51. The van der Waals surface area contributed by atoms with E-state index in [1.54, 1.807) is 4.90 Å². The number of carbonyl (C=O) groups excluding carboxylic acids is 2. The Morgan fingerprint density at radius 1 is 1.25 bits per heavy atom. The molecule has 3 rings (SSSR count). The Balaban J connectivity index is 0.00000208. The molecule has 0 aromatic heterocycles. The van der Waals surface area contributed by atoms with E-state index in [0.29, 0.717) is 12.8 Å². The number of benzene rings is 1. The van der Waals surface area contributed by atoms with Crippen LogP contribution >= 0.6 is 12.4 Å². The van der Waals surface area contributed by atoms with Gasteiger partial charge in [0.2, 0.25) is 11.8 Å². The van der Waals surface area contributed by atoms with Crippen LogP contribution in [0.5, 0.6) is 0 Å². The third kappa shape index (κ3) is 4.08. The highest BCUT2D eigenvalue weighted by atomic mass is 35.5. The third-order valence-electron chi connectivity index (χ3n) is 4.98. The number of hydrogen-bond acceptors (Lipinski definition) is 3. The summed E-state index contributed by atoms with van der Waals surface area (Å²) in [5.74, 6) is 0.0103. The lowest BCUT2D eigenvalue weighted by Gasteiger charge is -2.39. The minimum atomic E-state index is -0.179. The van der Waals surface area contributed by atoms with Crippen LogP contribution in [0.1, 0.15) is 37.3 Å². The zero-order valence-electron chi connectivity index (χ0n) is 14.0. The molecule has 2 aliphatic rings. The lowest BCUT2D eigenvalue weighted by molar-refractivity contribution is -0.141. The molecule has 3 atom stereocenters. The Kier molecular flexibility index (Phi) is 6.63. The Morgan fingerprint density at radius 2 is 2.00 bits per heavy atom. The van der Waals surface area contributed by atoms with E-state index in [0.717, 1.165) is 31.5 Å². The van der Waals surface area contributed by atoms with Crippen molar-refractivity contribution < 1.29 is 9.59 Å². The third-order valence-corrected chi connectivity index (χ3v) is 4.98. The molecular formula is C18H26ClN3O2. The second kappa shape index (κ2) is 8.49. The van der Waals surface area contributed by atoms with Crippen molar-refractivity contribution in [1.29, 1.82) is 0 Å². The van der Waals surface area contributed by atoms with Crippen LogP contribution in [-0.2, 0) is 9.59 Å². The molecule has 1 aromatic carbocycles. The van der Waals surface area contributed by atoms with Crippen molar-refractivity contribution in [3.63, 3.8) is 0 Å². The quantitative estimate of drug-likeness (QED) is 0.874. The van der Waals surface area contributed by atoms with E-state index < -0.39 is 0 Å². The zero-order chi connectivity index (χ0) is 16.2. The molecule has 5 nitrogen and oxygen atoms in total. The second-order valence-corrected chi connectivity index (χ2v) is 6.56. The Bertz CT molecular complexity index is 561. The molecule has 2 amide bonds. The Labute approximate surface area is 149 Å². The minimum absolute atomic E-state index is 0. The molecule has 0 saturated carbocycles. The first-order valence-electron chi connectivity index (χ1n) is 8.48. The predicted octanol–water partition coefficient (Wildman–Crippen LogP) is 1.89. The molecule has 2 fully saturated rings. The van der Waals surface area contributed by atoms with Crippen LogP contribution in [0.2, 0.25) is 0 Å². The Morgan fingerprint density at radius 3 is 2.67 bits per heavy atom. The fraction of sp³-hybridized carbons (Fsp3) is 0.556. The maximum Gasteiger partial charge on any atom is 0.225 e. The summed E-state index contributed by atoms with van der Waals surface area (Å²) in [6.45, 7) is 1.86. The zero-order valence-corrected chi connectivity index (χ0v) is 14.8. The van der Waals surface area contributed by atoms with Gasteiger partial charge in [0.25, 0.3) is 0 Å². The van der Waals surface area contributed by atoms with E-state index in [2.05, 4.69) is 10.6 Å². The van der Waals surface area contributed by atoms with Crippen LogP contribution < -0.4 is 10.6 Å². The van der Waals surface area contributed by atoms with Crippen molar-refractivity contribution in [2.45, 2.75) is 37.8 Å². The molecule has 6 heteroatoms. The molecule has 132 valence electrons. The SMILES string of the molecule is CN1C(=O)CCC(C(=O)N[C@H]2CCCNC2)C1c1ccccc1.Cl. The normalized spacial score (nSPS) is 27.3. The molecule has 0 aliphatic carbocycles. The van der Waals surface area contributed by atoms with Gasteiger partial charge in [-0.2, -0.15) is 0 Å². The number of carbonyl (C=O) groups is 2. The first-order valence-corrected chi connectivity index (χ1v) is 8.48. The number of likely N-dealkylation sites (tertiary alicyclic amines) is 1. The molecule has 1 aromatic rings. The number of hydrogen-bond donors (Lipinski definition) is 2. The van der Waals surface area contributed by atoms with Gasteiger partial charge in [0.05, 0.1) is 12.0 Å². The molecule has 2 heterocycles. The van der Waals surface area contributed by atoms with E-state index in [-0.39, 0.29) is 42.2 Å². The first kappa shape index (κ1) is 18.7. The highest BCUT2D eigenvalue weighted by Gasteiger charge is 2.39. The van der Waals surface area contributed by atoms with Gasteiger partial charge in [0, 0.05) is 26.1 Å². The number of halogens is 1. The molecule has 24 heavy (non-hydrogen) atoms. The molecule has 2 unspecified atom stereocenters. The summed E-state index contributed by atoms with van der Waals surface area (Å²) in [4.78, 5) is 26.7. The van der Waals surface area contributed by atoms with Gasteiger partial charge in [-0.05, 0) is 31.4 Å². The van der Waals surface area contributed by atoms with Gasteiger partial charge in [0.1, 0.15) is 0 Å². The molecule has 2 aliphatic heterocycles. The van der Waals surface area contributed by atoms with Crippen molar-refractivity contribution in [1.82, 2.24) is 15.5 Å². The highest BCUT2D eigenvalue weighted by molar-refractivity contribution is 5.85. The Hall–Kier alpha value is -1.59. The summed E-state index contributed by atoms with van der Waals surface area (Å²) >= 11 is 0. The maximum absolute atomic E-state index is 12.8. The molecule has 2 saturated heterocycles. The van der Waals surface area contributed by atoms with E-state index in [9.17, 15) is 9.59 Å². The van der Waals surface area contributed by atoms with E-state index in [1.165, 1.54) is 0 Å². The summed E-state index contributed by atoms with van der Waals surface area (Å²) in [7, 11) is 1.81. The van der Waals surface area contributed by atoms with E-state index in [1.807, 2.05) is 37.4 Å². The fourth-order valence-corrected chi connectivity index (χ4v) is 3.70. The van der Waals surface area contributed by atoms with Crippen LogP contribution in [0.15, 0.2) is 30.3 Å². The average Bonchev–Trinajstić information content (AvgIpc) is 2.58. The van der Waals surface area contributed by atoms with Gasteiger partial charge in [-0.1, -0.05) is 30.3 Å². The molecule has 2 N–H and O–H groups in total. The summed E-state index contributed by atoms with van der Waals surface area (Å²) in [5.41, 5.74) is 1.03. The molecule has 0 radical (unpaired) electrons. The molecule has 0 spiro atoms. The standard InChI is InChI=1S/C18H25N3O2.ClH/c1-21-16(22)10-9-15(17(21)13-6-3-2-4-7-13)18(23)20-14-8-5-11-19-12-14;/h2-4,6-7,14-15,17,19H,5,8-12H2,1H3,(H,20,23);1H/t14-,15?,17?;/m0./s1. The van der Waals surface area contributed by atoms with Crippen molar-refractivity contribution >= 4 is 24.2 Å². The van der Waals surface area contributed by atoms with Gasteiger partial charge >= 0.3 is 0 Å². The maximum atomic E-state index is 12.8. The van der Waals surface area contributed by atoms with Gasteiger partial charge in [-0.3, -0.25) is 9.59 Å². The highest BCUT2D eigenvalue weighted by Crippen LogP contribution is 2.35. The summed E-state index contributed by atoms with van der Waals surface area (Å²) in [6.07, 6.45) is 3.18. The van der Waals surface area contributed by atoms with Gasteiger partial charge in [-0.25, -0.2) is 0 Å². The lowest BCUT2D eigenvalue weighted by atomic mass is 9.83. The van der Waals surface area contributed by atoms with Gasteiger partial charge < -0.3 is 15.5 Å². The smallest absolute Gasteiger partial charge is 0.225 e.